The molecule has 3 rings (SSSR count). The Labute approximate surface area is 201 Å². The highest BCUT2D eigenvalue weighted by Crippen LogP contribution is 2.13. The summed E-state index contributed by atoms with van der Waals surface area (Å²) < 4.78 is 5.27. The van der Waals surface area contributed by atoms with Gasteiger partial charge in [0, 0.05) is 24.8 Å². The number of nitrogens with zero attached hydrogens (tertiary/aromatic N) is 1. The molecule has 0 aliphatic carbocycles. The second kappa shape index (κ2) is 12.7. The van der Waals surface area contributed by atoms with E-state index < -0.39 is 12.1 Å². The van der Waals surface area contributed by atoms with Crippen molar-refractivity contribution < 1.29 is 19.1 Å². The number of para-hydroxylation sites is 1. The molecule has 1 heterocycles. The van der Waals surface area contributed by atoms with Crippen LogP contribution in [0.4, 0.5) is 10.5 Å². The first-order chi connectivity index (χ1) is 16.4. The van der Waals surface area contributed by atoms with Gasteiger partial charge in [-0.15, -0.1) is 0 Å². The number of rotatable bonds is 9. The minimum Gasteiger partial charge on any atom is -0.445 e. The molecule has 1 aliphatic heterocycles. The third-order valence-electron chi connectivity index (χ3n) is 5.79. The predicted molar refractivity (Wildman–Crippen MR) is 131 cm³/mol. The number of carbonyl (C=O) groups excluding carboxylic acids is 3. The number of anilines is 1. The molecule has 0 aromatic heterocycles. The summed E-state index contributed by atoms with van der Waals surface area (Å²) in [6.45, 7) is 5.66. The Hall–Kier alpha value is -3.39. The average molecular weight is 467 g/mol. The second-order valence-electron chi connectivity index (χ2n) is 8.90. The maximum absolute atomic E-state index is 12.9. The van der Waals surface area contributed by atoms with E-state index in [4.69, 9.17) is 4.74 Å². The van der Waals surface area contributed by atoms with Gasteiger partial charge in [-0.1, -0.05) is 62.4 Å². The molecule has 1 saturated heterocycles. The van der Waals surface area contributed by atoms with Gasteiger partial charge >= 0.3 is 6.09 Å². The first-order valence-electron chi connectivity index (χ1n) is 11.8. The summed E-state index contributed by atoms with van der Waals surface area (Å²) in [6, 6.07) is 18.1. The zero-order valence-corrected chi connectivity index (χ0v) is 19.8. The normalized spacial score (nSPS) is 15.4. The summed E-state index contributed by atoms with van der Waals surface area (Å²) in [5.41, 5.74) is 1.66. The van der Waals surface area contributed by atoms with E-state index in [0.29, 0.717) is 19.6 Å². The lowest BCUT2D eigenvalue weighted by molar-refractivity contribution is -0.125. The fraction of sp³-hybridized carbons (Fsp3) is 0.423. The summed E-state index contributed by atoms with van der Waals surface area (Å²) in [4.78, 5) is 39.5. The minimum atomic E-state index is -0.682. The molecule has 8 heteroatoms. The van der Waals surface area contributed by atoms with Crippen LogP contribution in [0.5, 0.6) is 0 Å². The van der Waals surface area contributed by atoms with E-state index in [2.05, 4.69) is 20.9 Å². The lowest BCUT2D eigenvalue weighted by atomic mass is 10.0. The highest BCUT2D eigenvalue weighted by molar-refractivity contribution is 5.92. The molecule has 2 aromatic rings. The van der Waals surface area contributed by atoms with E-state index in [-0.39, 0.29) is 30.4 Å². The molecule has 182 valence electrons. The topological polar surface area (TPSA) is 99.8 Å². The second-order valence-corrected chi connectivity index (χ2v) is 8.90. The van der Waals surface area contributed by atoms with Gasteiger partial charge in [0.05, 0.1) is 6.54 Å². The minimum absolute atomic E-state index is 0.00400. The van der Waals surface area contributed by atoms with Gasteiger partial charge in [0.25, 0.3) is 0 Å². The summed E-state index contributed by atoms with van der Waals surface area (Å²) >= 11 is 0. The summed E-state index contributed by atoms with van der Waals surface area (Å²) in [7, 11) is 0. The molecule has 2 aromatic carbocycles. The number of piperidine rings is 1. The van der Waals surface area contributed by atoms with Crippen LogP contribution in [0, 0.1) is 5.92 Å². The van der Waals surface area contributed by atoms with Crippen LogP contribution in [0.1, 0.15) is 32.3 Å². The van der Waals surface area contributed by atoms with Crippen molar-refractivity contribution in [3.63, 3.8) is 0 Å². The van der Waals surface area contributed by atoms with Crippen LogP contribution in [0.2, 0.25) is 0 Å². The molecule has 0 spiro atoms. The zero-order valence-electron chi connectivity index (χ0n) is 19.8. The van der Waals surface area contributed by atoms with Gasteiger partial charge in [-0.2, -0.15) is 0 Å². The van der Waals surface area contributed by atoms with E-state index >= 15 is 0 Å². The number of benzene rings is 2. The first kappa shape index (κ1) is 25.2. The van der Waals surface area contributed by atoms with E-state index in [1.54, 1.807) is 0 Å². The van der Waals surface area contributed by atoms with Gasteiger partial charge in [0.15, 0.2) is 0 Å². The number of hydrogen-bond acceptors (Lipinski definition) is 5. The Kier molecular flexibility index (Phi) is 9.46. The lowest BCUT2D eigenvalue weighted by Crippen LogP contribution is -2.54. The van der Waals surface area contributed by atoms with Crippen LogP contribution < -0.4 is 16.0 Å². The standard InChI is InChI=1S/C26H34N4O4/c1-19(2)24(29-26(33)34-18-20-9-5-3-6-10-20)25(32)28-22-13-15-30(16-14-22)17-23(31)27-21-11-7-4-8-12-21/h3-12,19,22,24H,13-18H2,1-2H3,(H,27,31)(H,28,32)(H,29,33)/t24-/m0/s1. The quantitative estimate of drug-likeness (QED) is 0.527. The Morgan fingerprint density at radius 3 is 2.21 bits per heavy atom. The van der Waals surface area contributed by atoms with E-state index in [9.17, 15) is 14.4 Å². The molecule has 0 unspecified atom stereocenters. The smallest absolute Gasteiger partial charge is 0.408 e. The maximum atomic E-state index is 12.9. The van der Waals surface area contributed by atoms with Gasteiger partial charge in [-0.3, -0.25) is 14.5 Å². The van der Waals surface area contributed by atoms with Crippen LogP contribution in [0.25, 0.3) is 0 Å². The molecule has 1 atom stereocenters. The number of likely N-dealkylation sites (tertiary alicyclic amines) is 1. The molecule has 3 N–H and O–H groups in total. The molecule has 0 radical (unpaired) electrons. The Morgan fingerprint density at radius 2 is 1.59 bits per heavy atom. The van der Waals surface area contributed by atoms with Crippen molar-refractivity contribution in [3.8, 4) is 0 Å². The molecule has 3 amide bonds. The highest BCUT2D eigenvalue weighted by atomic mass is 16.5. The fourth-order valence-corrected chi connectivity index (χ4v) is 3.88. The zero-order chi connectivity index (χ0) is 24.3. The third-order valence-corrected chi connectivity index (χ3v) is 5.79. The van der Waals surface area contributed by atoms with Crippen molar-refractivity contribution in [3.05, 3.63) is 66.2 Å². The number of nitrogens with one attached hydrogen (secondary N) is 3. The van der Waals surface area contributed by atoms with E-state index in [1.165, 1.54) is 0 Å². The van der Waals surface area contributed by atoms with Crippen LogP contribution in [0.3, 0.4) is 0 Å². The monoisotopic (exact) mass is 466 g/mol. The molecular weight excluding hydrogens is 432 g/mol. The van der Waals surface area contributed by atoms with Gasteiger partial charge in [-0.05, 0) is 36.5 Å². The van der Waals surface area contributed by atoms with Crippen LogP contribution in [-0.2, 0) is 20.9 Å². The average Bonchev–Trinajstić information content (AvgIpc) is 2.83. The van der Waals surface area contributed by atoms with Crippen molar-refractivity contribution in [2.75, 3.05) is 25.0 Å². The first-order valence-corrected chi connectivity index (χ1v) is 11.8. The Morgan fingerprint density at radius 1 is 0.971 bits per heavy atom. The highest BCUT2D eigenvalue weighted by Gasteiger charge is 2.28. The van der Waals surface area contributed by atoms with Gasteiger partial charge in [0.2, 0.25) is 11.8 Å². The largest absolute Gasteiger partial charge is 0.445 e. The SMILES string of the molecule is CC(C)[C@H](NC(=O)OCc1ccccc1)C(=O)NC1CCN(CC(=O)Nc2ccccc2)CC1. The Bertz CT molecular complexity index is 928. The predicted octanol–water partition coefficient (Wildman–Crippen LogP) is 3.16. The number of ether oxygens (including phenoxy) is 1. The van der Waals surface area contributed by atoms with Crippen molar-refractivity contribution in [1.29, 1.82) is 0 Å². The van der Waals surface area contributed by atoms with Crippen molar-refractivity contribution >= 4 is 23.6 Å². The molecule has 8 nitrogen and oxygen atoms in total. The summed E-state index contributed by atoms with van der Waals surface area (Å²) in [6.07, 6.45) is 0.873. The van der Waals surface area contributed by atoms with Gasteiger partial charge in [-0.25, -0.2) is 4.79 Å². The number of amides is 3. The van der Waals surface area contributed by atoms with Gasteiger partial charge in [0.1, 0.15) is 12.6 Å². The number of carbonyl (C=O) groups is 3. The maximum Gasteiger partial charge on any atom is 0.408 e. The van der Waals surface area contributed by atoms with Gasteiger partial charge < -0.3 is 20.7 Å². The van der Waals surface area contributed by atoms with Crippen molar-refractivity contribution in [2.45, 2.75) is 45.4 Å². The summed E-state index contributed by atoms with van der Waals surface area (Å²) in [5, 5.41) is 8.65. The Balaban J connectivity index is 1.40. The molecule has 1 aliphatic rings. The van der Waals surface area contributed by atoms with Crippen LogP contribution in [-0.4, -0.2) is 54.5 Å². The van der Waals surface area contributed by atoms with E-state index in [0.717, 1.165) is 24.1 Å². The number of hydrogen-bond donors (Lipinski definition) is 3. The molecule has 0 bridgehead atoms. The number of alkyl carbamates (subject to hydrolysis) is 1. The molecule has 0 saturated carbocycles. The van der Waals surface area contributed by atoms with E-state index in [1.807, 2.05) is 74.5 Å². The van der Waals surface area contributed by atoms with Crippen molar-refractivity contribution in [2.24, 2.45) is 5.92 Å². The summed E-state index contributed by atoms with van der Waals surface area (Å²) in [5.74, 6) is -0.357. The fourth-order valence-electron chi connectivity index (χ4n) is 3.88. The van der Waals surface area contributed by atoms with Crippen LogP contribution >= 0.6 is 0 Å². The van der Waals surface area contributed by atoms with Crippen molar-refractivity contribution in [1.82, 2.24) is 15.5 Å². The third kappa shape index (κ3) is 8.19. The van der Waals surface area contributed by atoms with Crippen LogP contribution in [0.15, 0.2) is 60.7 Å². The molecule has 1 fully saturated rings. The lowest BCUT2D eigenvalue weighted by Gasteiger charge is -2.33. The molecule has 34 heavy (non-hydrogen) atoms. The molecular formula is C26H34N4O4.